The van der Waals surface area contributed by atoms with Crippen LogP contribution < -0.4 is 0 Å². The zero-order chi connectivity index (χ0) is 15.0. The van der Waals surface area contributed by atoms with Crippen molar-refractivity contribution in [2.45, 2.75) is 12.3 Å². The lowest BCUT2D eigenvalue weighted by Crippen LogP contribution is -2.25. The average molecular weight is 300 g/mol. The Bertz CT molecular complexity index is 510. The summed E-state index contributed by atoms with van der Waals surface area (Å²) in [6.07, 6.45) is 0.418. The standard InChI is InChI=1S/C14H20O5S/c1-18-9-6-10-20(16,17)11-13(14(15)19-2)12-7-4-3-5-8-12/h3-5,7-8,13H,6,9-11H2,1-2H3. The largest absolute Gasteiger partial charge is 0.469 e. The molecule has 0 N–H and O–H groups in total. The summed E-state index contributed by atoms with van der Waals surface area (Å²) in [7, 11) is -0.556. The number of sulfone groups is 1. The van der Waals surface area contributed by atoms with E-state index < -0.39 is 21.7 Å². The summed E-state index contributed by atoms with van der Waals surface area (Å²) in [6.45, 7) is 0.382. The van der Waals surface area contributed by atoms with Crippen LogP contribution in [-0.2, 0) is 24.1 Å². The average Bonchev–Trinajstić information content (AvgIpc) is 2.45. The van der Waals surface area contributed by atoms with Gasteiger partial charge in [0, 0.05) is 13.7 Å². The van der Waals surface area contributed by atoms with E-state index in [4.69, 9.17) is 9.47 Å². The maximum atomic E-state index is 12.0. The van der Waals surface area contributed by atoms with Crippen LogP contribution in [0.3, 0.4) is 0 Å². The van der Waals surface area contributed by atoms with Crippen LogP contribution >= 0.6 is 0 Å². The Morgan fingerprint density at radius 2 is 1.85 bits per heavy atom. The minimum Gasteiger partial charge on any atom is -0.469 e. The van der Waals surface area contributed by atoms with Crippen molar-refractivity contribution in [3.63, 3.8) is 0 Å². The number of ether oxygens (including phenoxy) is 2. The third-order valence-corrected chi connectivity index (χ3v) is 4.66. The van der Waals surface area contributed by atoms with Gasteiger partial charge in [0.05, 0.1) is 24.5 Å². The third kappa shape index (κ3) is 5.30. The van der Waals surface area contributed by atoms with Gasteiger partial charge in [-0.2, -0.15) is 0 Å². The Hall–Kier alpha value is -1.40. The van der Waals surface area contributed by atoms with Crippen LogP contribution in [0.15, 0.2) is 30.3 Å². The first-order chi connectivity index (χ1) is 9.50. The van der Waals surface area contributed by atoms with Crippen molar-refractivity contribution in [1.82, 2.24) is 0 Å². The minimum atomic E-state index is -3.34. The molecule has 112 valence electrons. The van der Waals surface area contributed by atoms with Gasteiger partial charge < -0.3 is 9.47 Å². The number of methoxy groups -OCH3 is 2. The summed E-state index contributed by atoms with van der Waals surface area (Å²) in [6, 6.07) is 8.80. The number of rotatable bonds is 8. The molecule has 0 heterocycles. The maximum Gasteiger partial charge on any atom is 0.314 e. The molecular formula is C14H20O5S. The predicted octanol–water partition coefficient (Wildman–Crippen LogP) is 1.39. The van der Waals surface area contributed by atoms with Gasteiger partial charge in [0.2, 0.25) is 0 Å². The molecule has 0 aromatic heterocycles. The first-order valence-electron chi connectivity index (χ1n) is 6.32. The highest BCUT2D eigenvalue weighted by molar-refractivity contribution is 7.91. The van der Waals surface area contributed by atoms with Crippen LogP contribution in [-0.4, -0.2) is 46.7 Å². The molecule has 0 bridgehead atoms. The number of hydrogen-bond acceptors (Lipinski definition) is 5. The van der Waals surface area contributed by atoms with Crippen molar-refractivity contribution >= 4 is 15.8 Å². The minimum absolute atomic E-state index is 0.00116. The molecule has 0 spiro atoms. The molecule has 0 aliphatic rings. The van der Waals surface area contributed by atoms with Gasteiger partial charge in [-0.25, -0.2) is 8.42 Å². The van der Waals surface area contributed by atoms with Crippen LogP contribution in [0.2, 0.25) is 0 Å². The van der Waals surface area contributed by atoms with Gasteiger partial charge in [-0.15, -0.1) is 0 Å². The van der Waals surface area contributed by atoms with Gasteiger partial charge in [0.25, 0.3) is 0 Å². The second-order valence-electron chi connectivity index (χ2n) is 4.45. The summed E-state index contributed by atoms with van der Waals surface area (Å²) >= 11 is 0. The highest BCUT2D eigenvalue weighted by Crippen LogP contribution is 2.20. The molecule has 0 radical (unpaired) electrons. The molecule has 1 unspecified atom stereocenters. The number of hydrogen-bond donors (Lipinski definition) is 0. The molecule has 1 atom stereocenters. The van der Waals surface area contributed by atoms with Gasteiger partial charge in [-0.3, -0.25) is 4.79 Å². The van der Waals surface area contributed by atoms with Gasteiger partial charge in [0.15, 0.2) is 9.84 Å². The lowest BCUT2D eigenvalue weighted by molar-refractivity contribution is -0.141. The van der Waals surface area contributed by atoms with Gasteiger partial charge in [-0.05, 0) is 12.0 Å². The summed E-state index contributed by atoms with van der Waals surface area (Å²) in [5.74, 6) is -1.56. The van der Waals surface area contributed by atoms with Crippen LogP contribution in [0.1, 0.15) is 17.9 Å². The first kappa shape index (κ1) is 16.7. The Balaban J connectivity index is 2.83. The third-order valence-electron chi connectivity index (χ3n) is 2.91. The Kier molecular flexibility index (Phi) is 6.67. The molecule has 6 heteroatoms. The lowest BCUT2D eigenvalue weighted by atomic mass is 10.0. The topological polar surface area (TPSA) is 69.7 Å². The lowest BCUT2D eigenvalue weighted by Gasteiger charge is -2.15. The molecule has 0 aliphatic carbocycles. The number of esters is 1. The second kappa shape index (κ2) is 8.01. The number of carbonyl (C=O) groups excluding carboxylic acids is 1. The van der Waals surface area contributed by atoms with E-state index in [1.807, 2.05) is 6.07 Å². The van der Waals surface area contributed by atoms with Crippen molar-refractivity contribution in [3.05, 3.63) is 35.9 Å². The van der Waals surface area contributed by atoms with E-state index in [2.05, 4.69) is 0 Å². The normalized spacial score (nSPS) is 12.9. The fourth-order valence-corrected chi connectivity index (χ4v) is 3.45. The summed E-state index contributed by atoms with van der Waals surface area (Å²) in [5.41, 5.74) is 0.648. The van der Waals surface area contributed by atoms with E-state index >= 15 is 0 Å². The predicted molar refractivity (Wildman–Crippen MR) is 76.3 cm³/mol. The van der Waals surface area contributed by atoms with Crippen molar-refractivity contribution in [2.75, 3.05) is 32.3 Å². The van der Waals surface area contributed by atoms with Gasteiger partial charge >= 0.3 is 5.97 Å². The molecule has 0 fully saturated rings. The van der Waals surface area contributed by atoms with Crippen LogP contribution in [0.25, 0.3) is 0 Å². The molecule has 1 aromatic carbocycles. The van der Waals surface area contributed by atoms with E-state index in [0.29, 0.717) is 18.6 Å². The van der Waals surface area contributed by atoms with E-state index in [1.165, 1.54) is 14.2 Å². The number of carbonyl (C=O) groups is 1. The summed E-state index contributed by atoms with van der Waals surface area (Å²) in [5, 5.41) is 0. The highest BCUT2D eigenvalue weighted by Gasteiger charge is 2.27. The van der Waals surface area contributed by atoms with E-state index in [1.54, 1.807) is 24.3 Å². The Morgan fingerprint density at radius 1 is 1.20 bits per heavy atom. The zero-order valence-electron chi connectivity index (χ0n) is 11.7. The molecule has 5 nitrogen and oxygen atoms in total. The van der Waals surface area contributed by atoms with Crippen molar-refractivity contribution in [1.29, 1.82) is 0 Å². The monoisotopic (exact) mass is 300 g/mol. The van der Waals surface area contributed by atoms with Crippen molar-refractivity contribution in [3.8, 4) is 0 Å². The number of benzene rings is 1. The molecule has 20 heavy (non-hydrogen) atoms. The van der Waals surface area contributed by atoms with Crippen LogP contribution in [0, 0.1) is 0 Å². The second-order valence-corrected chi connectivity index (χ2v) is 6.68. The molecule has 0 saturated heterocycles. The molecule has 0 aliphatic heterocycles. The summed E-state index contributed by atoms with van der Waals surface area (Å²) < 4.78 is 33.6. The SMILES string of the molecule is COCCCS(=O)(=O)CC(C(=O)OC)c1ccccc1. The van der Waals surface area contributed by atoms with Crippen molar-refractivity contribution < 1.29 is 22.7 Å². The van der Waals surface area contributed by atoms with E-state index in [0.717, 1.165) is 0 Å². The first-order valence-corrected chi connectivity index (χ1v) is 8.14. The maximum absolute atomic E-state index is 12.0. The van der Waals surface area contributed by atoms with Crippen LogP contribution in [0.4, 0.5) is 0 Å². The molecule has 1 aromatic rings. The Labute approximate surface area is 119 Å². The highest BCUT2D eigenvalue weighted by atomic mass is 32.2. The summed E-state index contributed by atoms with van der Waals surface area (Å²) in [4.78, 5) is 11.8. The van der Waals surface area contributed by atoms with Gasteiger partial charge in [0.1, 0.15) is 0 Å². The van der Waals surface area contributed by atoms with Crippen LogP contribution in [0.5, 0.6) is 0 Å². The van der Waals surface area contributed by atoms with E-state index in [9.17, 15) is 13.2 Å². The van der Waals surface area contributed by atoms with E-state index in [-0.39, 0.29) is 11.5 Å². The molecule has 1 rings (SSSR count). The van der Waals surface area contributed by atoms with Crippen molar-refractivity contribution in [2.24, 2.45) is 0 Å². The smallest absolute Gasteiger partial charge is 0.314 e. The fourth-order valence-electron chi connectivity index (χ4n) is 1.89. The fraction of sp³-hybridized carbons (Fsp3) is 0.500. The zero-order valence-corrected chi connectivity index (χ0v) is 12.6. The molecule has 0 amide bonds. The molecular weight excluding hydrogens is 280 g/mol. The molecule has 0 saturated carbocycles. The van der Waals surface area contributed by atoms with Gasteiger partial charge in [-0.1, -0.05) is 30.3 Å². The quantitative estimate of drug-likeness (QED) is 0.536. The Morgan fingerprint density at radius 3 is 2.40 bits per heavy atom.